The minimum Gasteiger partial charge on any atom is -0.398 e. The lowest BCUT2D eigenvalue weighted by molar-refractivity contribution is 0.102. The molecule has 0 spiro atoms. The minimum atomic E-state index is -0.405. The lowest BCUT2D eigenvalue weighted by atomic mass is 10.2. The van der Waals surface area contributed by atoms with Gasteiger partial charge < -0.3 is 11.1 Å². The standard InChI is InChI=1S/C13H8Cl4N2O/c14-7-4-9(16)12(10(17)5-7)19-13(20)6-1-2-11(18)8(15)3-6/h1-5H,18H2,(H,19,20). The Morgan fingerprint density at radius 2 is 1.55 bits per heavy atom. The second-order valence-electron chi connectivity index (χ2n) is 3.93. The molecular formula is C13H8Cl4N2O. The fourth-order valence-electron chi connectivity index (χ4n) is 1.52. The van der Waals surface area contributed by atoms with E-state index in [9.17, 15) is 4.79 Å². The summed E-state index contributed by atoms with van der Waals surface area (Å²) in [4.78, 5) is 12.1. The first-order chi connectivity index (χ1) is 9.38. The van der Waals surface area contributed by atoms with Crippen molar-refractivity contribution in [3.63, 3.8) is 0 Å². The van der Waals surface area contributed by atoms with E-state index in [1.807, 2.05) is 0 Å². The predicted octanol–water partition coefficient (Wildman–Crippen LogP) is 5.13. The van der Waals surface area contributed by atoms with E-state index in [4.69, 9.17) is 52.1 Å². The number of rotatable bonds is 2. The van der Waals surface area contributed by atoms with Crippen LogP contribution in [0.1, 0.15) is 10.4 Å². The van der Waals surface area contributed by atoms with Gasteiger partial charge in [-0.1, -0.05) is 46.4 Å². The maximum absolute atomic E-state index is 12.1. The van der Waals surface area contributed by atoms with Crippen molar-refractivity contribution >= 4 is 63.7 Å². The molecule has 0 atom stereocenters. The Bertz CT molecular complexity index is 665. The average molecular weight is 350 g/mol. The molecule has 0 radical (unpaired) electrons. The molecule has 0 unspecified atom stereocenters. The van der Waals surface area contributed by atoms with Crippen LogP contribution in [0.2, 0.25) is 20.1 Å². The van der Waals surface area contributed by atoms with E-state index in [2.05, 4.69) is 5.32 Å². The first-order valence-electron chi connectivity index (χ1n) is 5.39. The van der Waals surface area contributed by atoms with Gasteiger partial charge in [0, 0.05) is 10.6 Å². The molecule has 0 bridgehead atoms. The number of halogens is 4. The summed E-state index contributed by atoms with van der Waals surface area (Å²) in [7, 11) is 0. The van der Waals surface area contributed by atoms with Crippen LogP contribution in [0.3, 0.4) is 0 Å². The number of nitrogens with two attached hydrogens (primary N) is 1. The van der Waals surface area contributed by atoms with Crippen molar-refractivity contribution in [2.24, 2.45) is 0 Å². The number of carbonyl (C=O) groups is 1. The normalized spacial score (nSPS) is 10.4. The highest BCUT2D eigenvalue weighted by molar-refractivity contribution is 6.42. The molecule has 0 heterocycles. The molecular weight excluding hydrogens is 342 g/mol. The van der Waals surface area contributed by atoms with Crippen LogP contribution in [0.15, 0.2) is 30.3 Å². The summed E-state index contributed by atoms with van der Waals surface area (Å²) in [5.74, 6) is -0.405. The Labute approximate surface area is 135 Å². The largest absolute Gasteiger partial charge is 0.398 e. The second-order valence-corrected chi connectivity index (χ2v) is 5.59. The first-order valence-corrected chi connectivity index (χ1v) is 6.90. The van der Waals surface area contributed by atoms with E-state index in [0.29, 0.717) is 21.3 Å². The summed E-state index contributed by atoms with van der Waals surface area (Å²) in [5.41, 5.74) is 6.61. The van der Waals surface area contributed by atoms with Gasteiger partial charge in [0.05, 0.1) is 26.4 Å². The number of carbonyl (C=O) groups excluding carboxylic acids is 1. The molecule has 2 aromatic carbocycles. The molecule has 7 heteroatoms. The molecule has 2 aromatic rings. The number of nitrogen functional groups attached to an aromatic ring is 1. The number of hydrogen-bond donors (Lipinski definition) is 2. The van der Waals surface area contributed by atoms with Crippen molar-refractivity contribution in [3.8, 4) is 0 Å². The highest BCUT2D eigenvalue weighted by atomic mass is 35.5. The van der Waals surface area contributed by atoms with Crippen LogP contribution in [0.25, 0.3) is 0 Å². The summed E-state index contributed by atoms with van der Waals surface area (Å²) in [5, 5.41) is 3.78. The van der Waals surface area contributed by atoms with E-state index in [1.54, 1.807) is 12.1 Å². The number of nitrogens with one attached hydrogen (secondary N) is 1. The van der Waals surface area contributed by atoms with Crippen LogP contribution in [-0.2, 0) is 0 Å². The molecule has 0 saturated heterocycles. The maximum Gasteiger partial charge on any atom is 0.255 e. The lowest BCUT2D eigenvalue weighted by Crippen LogP contribution is -2.12. The first kappa shape index (κ1) is 15.3. The van der Waals surface area contributed by atoms with E-state index >= 15 is 0 Å². The summed E-state index contributed by atoms with van der Waals surface area (Å²) in [6.45, 7) is 0. The van der Waals surface area contributed by atoms with Crippen molar-refractivity contribution in [1.29, 1.82) is 0 Å². The number of benzene rings is 2. The van der Waals surface area contributed by atoms with Crippen molar-refractivity contribution in [1.82, 2.24) is 0 Å². The fourth-order valence-corrected chi connectivity index (χ4v) is 2.61. The Hall–Kier alpha value is -1.13. The third kappa shape index (κ3) is 3.30. The van der Waals surface area contributed by atoms with Gasteiger partial charge in [-0.3, -0.25) is 4.79 Å². The van der Waals surface area contributed by atoms with E-state index in [0.717, 1.165) is 0 Å². The third-order valence-electron chi connectivity index (χ3n) is 2.51. The monoisotopic (exact) mass is 348 g/mol. The Balaban J connectivity index is 2.30. The van der Waals surface area contributed by atoms with E-state index in [1.165, 1.54) is 18.2 Å². The van der Waals surface area contributed by atoms with Gasteiger partial charge in [-0.25, -0.2) is 0 Å². The van der Waals surface area contributed by atoms with Gasteiger partial charge >= 0.3 is 0 Å². The maximum atomic E-state index is 12.1. The predicted molar refractivity (Wildman–Crippen MR) is 85.3 cm³/mol. The second kappa shape index (κ2) is 6.10. The molecule has 0 aliphatic rings. The van der Waals surface area contributed by atoms with E-state index in [-0.39, 0.29) is 15.7 Å². The van der Waals surface area contributed by atoms with E-state index < -0.39 is 5.91 Å². The molecule has 0 aromatic heterocycles. The summed E-state index contributed by atoms with van der Waals surface area (Å²) >= 11 is 23.7. The third-order valence-corrected chi connectivity index (χ3v) is 3.65. The van der Waals surface area contributed by atoms with Crippen molar-refractivity contribution < 1.29 is 4.79 Å². The summed E-state index contributed by atoms with van der Waals surface area (Å²) in [6, 6.07) is 7.53. The van der Waals surface area contributed by atoms with Crippen molar-refractivity contribution in [2.75, 3.05) is 11.1 Å². The molecule has 1 amide bonds. The topological polar surface area (TPSA) is 55.1 Å². The zero-order valence-corrected chi connectivity index (χ0v) is 12.9. The zero-order valence-electron chi connectivity index (χ0n) is 9.88. The van der Waals surface area contributed by atoms with Crippen molar-refractivity contribution in [2.45, 2.75) is 0 Å². The quantitative estimate of drug-likeness (QED) is 0.738. The SMILES string of the molecule is Nc1ccc(C(=O)Nc2c(Cl)cc(Cl)cc2Cl)cc1Cl. The molecule has 0 aliphatic heterocycles. The average Bonchev–Trinajstić information content (AvgIpc) is 2.36. The summed E-state index contributed by atoms with van der Waals surface area (Å²) in [6.07, 6.45) is 0. The van der Waals surface area contributed by atoms with Crippen LogP contribution >= 0.6 is 46.4 Å². The molecule has 0 aliphatic carbocycles. The van der Waals surface area contributed by atoms with Crippen LogP contribution in [0, 0.1) is 0 Å². The minimum absolute atomic E-state index is 0.248. The molecule has 3 nitrogen and oxygen atoms in total. The van der Waals surface area contributed by atoms with Gasteiger partial charge in [0.2, 0.25) is 0 Å². The Morgan fingerprint density at radius 3 is 2.10 bits per heavy atom. The van der Waals surface area contributed by atoms with Gasteiger partial charge in [0.15, 0.2) is 0 Å². The molecule has 20 heavy (non-hydrogen) atoms. The smallest absolute Gasteiger partial charge is 0.255 e. The van der Waals surface area contributed by atoms with Crippen LogP contribution in [0.4, 0.5) is 11.4 Å². The van der Waals surface area contributed by atoms with Crippen LogP contribution in [-0.4, -0.2) is 5.91 Å². The molecule has 104 valence electrons. The molecule has 0 fully saturated rings. The lowest BCUT2D eigenvalue weighted by Gasteiger charge is -2.10. The van der Waals surface area contributed by atoms with Gasteiger partial charge in [0.1, 0.15) is 0 Å². The number of hydrogen-bond acceptors (Lipinski definition) is 2. The fraction of sp³-hybridized carbons (Fsp3) is 0. The number of anilines is 2. The Kier molecular flexibility index (Phi) is 4.66. The van der Waals surface area contributed by atoms with Gasteiger partial charge in [-0.15, -0.1) is 0 Å². The van der Waals surface area contributed by atoms with Crippen molar-refractivity contribution in [3.05, 3.63) is 56.0 Å². The molecule has 0 saturated carbocycles. The van der Waals surface area contributed by atoms with Gasteiger partial charge in [-0.05, 0) is 30.3 Å². The number of amides is 1. The molecule has 3 N–H and O–H groups in total. The Morgan fingerprint density at radius 1 is 0.950 bits per heavy atom. The van der Waals surface area contributed by atoms with Crippen LogP contribution in [0.5, 0.6) is 0 Å². The highest BCUT2D eigenvalue weighted by Crippen LogP contribution is 2.34. The van der Waals surface area contributed by atoms with Gasteiger partial charge in [-0.2, -0.15) is 0 Å². The molecule has 2 rings (SSSR count). The van der Waals surface area contributed by atoms with Crippen LogP contribution < -0.4 is 11.1 Å². The zero-order chi connectivity index (χ0) is 14.9. The van der Waals surface area contributed by atoms with Gasteiger partial charge in [0.25, 0.3) is 5.91 Å². The highest BCUT2D eigenvalue weighted by Gasteiger charge is 2.13. The summed E-state index contributed by atoms with van der Waals surface area (Å²) < 4.78 is 0.